The van der Waals surface area contributed by atoms with E-state index in [-0.39, 0.29) is 19.2 Å². The zero-order valence-electron chi connectivity index (χ0n) is 26.0. The van der Waals surface area contributed by atoms with E-state index in [2.05, 4.69) is 31.2 Å². The summed E-state index contributed by atoms with van der Waals surface area (Å²) in [4.78, 5) is 27.1. The van der Waals surface area contributed by atoms with Crippen LogP contribution in [0.5, 0.6) is 11.5 Å². The molecule has 2 N–H and O–H groups in total. The molecule has 0 radical (unpaired) electrons. The number of halogens is 2. The standard InChI is InChI=1S/C33H37F2N7O5/c1-45-29-17-23(3-4-27(29)41-14-12-40(13-15-41)24-19-46-20-24)38-33-37-9-6-26(39-33)21-2-5-28(22(16-21)18-36)47-25-7-10-42(11-8-25)32(44)30(43)31(34)35/h2-6,9,16-17,24-25,30-31,43H,7-8,10-15,19-20H2,1H3,(H,37,38,39)/t30-/m1/s1. The van der Waals surface area contributed by atoms with Crippen LogP contribution in [-0.4, -0.2) is 115 Å². The fourth-order valence-electron chi connectivity index (χ4n) is 6.04. The summed E-state index contributed by atoms with van der Waals surface area (Å²) in [6.07, 6.45) is -3.36. The zero-order chi connectivity index (χ0) is 32.9. The van der Waals surface area contributed by atoms with Crippen LogP contribution in [0, 0.1) is 11.3 Å². The Morgan fingerprint density at radius 3 is 2.49 bits per heavy atom. The fraction of sp³-hybridized carbons (Fsp3) is 0.455. The van der Waals surface area contributed by atoms with Crippen molar-refractivity contribution in [3.8, 4) is 28.8 Å². The molecule has 3 saturated heterocycles. The van der Waals surface area contributed by atoms with Crippen molar-refractivity contribution in [1.82, 2.24) is 19.8 Å². The quantitative estimate of drug-likeness (QED) is 0.335. The van der Waals surface area contributed by atoms with Crippen LogP contribution in [0.2, 0.25) is 0 Å². The summed E-state index contributed by atoms with van der Waals surface area (Å²) < 4.78 is 42.6. The van der Waals surface area contributed by atoms with Gasteiger partial charge in [0.2, 0.25) is 5.95 Å². The predicted octanol–water partition coefficient (Wildman–Crippen LogP) is 3.28. The molecule has 6 rings (SSSR count). The van der Waals surface area contributed by atoms with Gasteiger partial charge in [-0.05, 0) is 36.4 Å². The van der Waals surface area contributed by atoms with E-state index in [1.54, 1.807) is 37.6 Å². The second-order valence-electron chi connectivity index (χ2n) is 11.7. The minimum absolute atomic E-state index is 0.173. The number of nitrogens with zero attached hydrogens (tertiary/aromatic N) is 6. The molecule has 3 aliphatic heterocycles. The van der Waals surface area contributed by atoms with Gasteiger partial charge in [0, 0.05) is 75.6 Å². The molecule has 0 saturated carbocycles. The number of piperidine rings is 1. The van der Waals surface area contributed by atoms with Crippen LogP contribution in [0.15, 0.2) is 48.7 Å². The van der Waals surface area contributed by atoms with Gasteiger partial charge in [-0.2, -0.15) is 5.26 Å². The second-order valence-corrected chi connectivity index (χ2v) is 11.7. The van der Waals surface area contributed by atoms with Crippen LogP contribution in [-0.2, 0) is 9.53 Å². The molecule has 2 aromatic carbocycles. The maximum Gasteiger partial charge on any atom is 0.273 e. The molecule has 0 unspecified atom stereocenters. The molecule has 1 amide bonds. The van der Waals surface area contributed by atoms with Gasteiger partial charge in [-0.3, -0.25) is 9.69 Å². The molecule has 3 aliphatic rings. The maximum atomic E-state index is 12.7. The molecular formula is C33H37F2N7O5. The zero-order valence-corrected chi connectivity index (χ0v) is 26.0. The van der Waals surface area contributed by atoms with Gasteiger partial charge in [-0.1, -0.05) is 0 Å². The molecular weight excluding hydrogens is 612 g/mol. The molecule has 3 aromatic rings. The molecule has 0 bridgehead atoms. The summed E-state index contributed by atoms with van der Waals surface area (Å²) in [6.45, 7) is 5.77. The Morgan fingerprint density at radius 2 is 1.83 bits per heavy atom. The third kappa shape index (κ3) is 7.38. The van der Waals surface area contributed by atoms with Crippen molar-refractivity contribution >= 4 is 23.2 Å². The average molecular weight is 650 g/mol. The van der Waals surface area contributed by atoms with Gasteiger partial charge in [0.15, 0.2) is 6.10 Å². The number of piperazine rings is 1. The molecule has 248 valence electrons. The van der Waals surface area contributed by atoms with E-state index in [1.807, 2.05) is 18.2 Å². The summed E-state index contributed by atoms with van der Waals surface area (Å²) >= 11 is 0. The first-order valence-corrected chi connectivity index (χ1v) is 15.6. The number of hydrogen-bond donors (Lipinski definition) is 2. The van der Waals surface area contributed by atoms with Crippen molar-refractivity contribution in [3.05, 3.63) is 54.2 Å². The van der Waals surface area contributed by atoms with Crippen molar-refractivity contribution in [1.29, 1.82) is 5.26 Å². The highest BCUT2D eigenvalue weighted by atomic mass is 19.3. The largest absolute Gasteiger partial charge is 0.495 e. The summed E-state index contributed by atoms with van der Waals surface area (Å²) in [5.41, 5.74) is 3.41. The molecule has 1 atom stereocenters. The first-order valence-electron chi connectivity index (χ1n) is 15.6. The number of ether oxygens (including phenoxy) is 3. The number of aromatic nitrogens is 2. The third-order valence-electron chi connectivity index (χ3n) is 8.82. The molecule has 47 heavy (non-hydrogen) atoms. The molecule has 0 aliphatic carbocycles. The van der Waals surface area contributed by atoms with Crippen LogP contribution < -0.4 is 19.7 Å². The molecule has 4 heterocycles. The molecule has 14 heteroatoms. The van der Waals surface area contributed by atoms with Crippen LogP contribution in [0.1, 0.15) is 18.4 Å². The molecule has 1 aromatic heterocycles. The summed E-state index contributed by atoms with van der Waals surface area (Å²) in [5, 5.41) is 22.5. The Morgan fingerprint density at radius 1 is 1.06 bits per heavy atom. The highest BCUT2D eigenvalue weighted by molar-refractivity contribution is 5.81. The number of methoxy groups -OCH3 is 1. The average Bonchev–Trinajstić information content (AvgIpc) is 3.07. The topological polar surface area (TPSA) is 136 Å². The number of amides is 1. The van der Waals surface area contributed by atoms with Crippen molar-refractivity contribution in [3.63, 3.8) is 0 Å². The van der Waals surface area contributed by atoms with E-state index in [0.717, 1.165) is 56.5 Å². The number of likely N-dealkylation sites (tertiary alicyclic amines) is 1. The van der Waals surface area contributed by atoms with E-state index >= 15 is 0 Å². The predicted molar refractivity (Wildman–Crippen MR) is 169 cm³/mol. The van der Waals surface area contributed by atoms with Gasteiger partial charge >= 0.3 is 0 Å². The number of nitrogens with one attached hydrogen (secondary N) is 1. The number of nitriles is 1. The number of benzene rings is 2. The Bertz CT molecular complexity index is 1600. The maximum absolute atomic E-state index is 12.7. The number of aliphatic hydroxyl groups excluding tert-OH is 1. The number of carbonyl (C=O) groups is 1. The lowest BCUT2D eigenvalue weighted by molar-refractivity contribution is -0.150. The Kier molecular flexibility index (Phi) is 9.95. The normalized spacial score (nSPS) is 18.4. The molecule has 3 fully saturated rings. The van der Waals surface area contributed by atoms with E-state index in [0.29, 0.717) is 47.4 Å². The Labute approximate surface area is 271 Å². The number of alkyl halides is 2. The SMILES string of the molecule is COc1cc(Nc2nccc(-c3ccc(OC4CCN(C(=O)[C@H](O)C(F)F)CC4)c(C#N)c3)n2)ccc1N1CCN(C2COC2)CC1. The lowest BCUT2D eigenvalue weighted by Crippen LogP contribution is -2.56. The van der Waals surface area contributed by atoms with Gasteiger partial charge in [-0.15, -0.1) is 0 Å². The lowest BCUT2D eigenvalue weighted by atomic mass is 10.1. The number of hydrogen-bond acceptors (Lipinski definition) is 11. The van der Waals surface area contributed by atoms with Crippen molar-refractivity contribution in [2.75, 3.05) is 69.8 Å². The van der Waals surface area contributed by atoms with Crippen LogP contribution in [0.4, 0.5) is 26.1 Å². The van der Waals surface area contributed by atoms with Crippen molar-refractivity contribution in [2.45, 2.75) is 37.5 Å². The van der Waals surface area contributed by atoms with Gasteiger partial charge in [0.25, 0.3) is 12.3 Å². The first kappa shape index (κ1) is 32.4. The van der Waals surface area contributed by atoms with E-state index in [4.69, 9.17) is 14.2 Å². The number of anilines is 3. The molecule has 12 nitrogen and oxygen atoms in total. The van der Waals surface area contributed by atoms with Crippen molar-refractivity contribution < 1.29 is 32.9 Å². The van der Waals surface area contributed by atoms with Gasteiger partial charge in [-0.25, -0.2) is 18.7 Å². The van der Waals surface area contributed by atoms with Gasteiger partial charge < -0.3 is 34.4 Å². The lowest BCUT2D eigenvalue weighted by Gasteiger charge is -2.43. The third-order valence-corrected chi connectivity index (χ3v) is 8.82. The first-order chi connectivity index (χ1) is 22.8. The minimum Gasteiger partial charge on any atom is -0.495 e. The number of carbonyl (C=O) groups excluding carboxylic acids is 1. The number of aliphatic hydroxyl groups is 1. The fourth-order valence-corrected chi connectivity index (χ4v) is 6.04. The minimum atomic E-state index is -3.13. The summed E-state index contributed by atoms with van der Waals surface area (Å²) in [7, 11) is 1.66. The second kappa shape index (κ2) is 14.5. The smallest absolute Gasteiger partial charge is 0.273 e. The van der Waals surface area contributed by atoms with Crippen LogP contribution >= 0.6 is 0 Å². The van der Waals surface area contributed by atoms with E-state index in [1.165, 1.54) is 4.90 Å². The van der Waals surface area contributed by atoms with E-state index < -0.39 is 18.4 Å². The Balaban J connectivity index is 1.08. The highest BCUT2D eigenvalue weighted by Gasteiger charge is 2.33. The van der Waals surface area contributed by atoms with E-state index in [9.17, 15) is 23.9 Å². The highest BCUT2D eigenvalue weighted by Crippen LogP contribution is 2.34. The summed E-state index contributed by atoms with van der Waals surface area (Å²) in [5.74, 6) is 0.529. The molecule has 0 spiro atoms. The van der Waals surface area contributed by atoms with Crippen LogP contribution in [0.25, 0.3) is 11.3 Å². The Hall–Kier alpha value is -4.58. The summed E-state index contributed by atoms with van der Waals surface area (Å²) in [6, 6.07) is 15.6. The van der Waals surface area contributed by atoms with Gasteiger partial charge in [0.1, 0.15) is 23.7 Å². The van der Waals surface area contributed by atoms with Crippen molar-refractivity contribution in [2.24, 2.45) is 0 Å². The van der Waals surface area contributed by atoms with Crippen LogP contribution in [0.3, 0.4) is 0 Å². The monoisotopic (exact) mass is 649 g/mol. The van der Waals surface area contributed by atoms with Gasteiger partial charge in [0.05, 0.1) is 43.3 Å². The number of rotatable bonds is 10.